The molecule has 2 amide bonds. The highest BCUT2D eigenvalue weighted by Crippen LogP contribution is 2.33. The Kier molecular flexibility index (Phi) is 4.62. The number of carbonyl (C=O) groups excluding carboxylic acids is 2. The zero-order valence-corrected chi connectivity index (χ0v) is 13.6. The molecule has 0 unspecified atom stereocenters. The van der Waals surface area contributed by atoms with Crippen molar-refractivity contribution in [2.24, 2.45) is 0 Å². The average Bonchev–Trinajstić information content (AvgIpc) is 3.05. The quantitative estimate of drug-likeness (QED) is 0.914. The number of hydrogen-bond donors (Lipinski definition) is 1. The Morgan fingerprint density at radius 3 is 2.96 bits per heavy atom. The van der Waals surface area contributed by atoms with Crippen LogP contribution in [0.3, 0.4) is 0 Å². The van der Waals surface area contributed by atoms with Gasteiger partial charge in [-0.3, -0.25) is 14.5 Å². The van der Waals surface area contributed by atoms with E-state index in [4.69, 9.17) is 4.74 Å². The van der Waals surface area contributed by atoms with Crippen LogP contribution >= 0.6 is 11.3 Å². The molecular weight excluding hydrogens is 312 g/mol. The maximum absolute atomic E-state index is 12.3. The first-order valence-corrected chi connectivity index (χ1v) is 8.44. The number of ether oxygens (including phenoxy) is 1. The van der Waals surface area contributed by atoms with E-state index in [9.17, 15) is 9.59 Å². The van der Waals surface area contributed by atoms with Crippen LogP contribution in [-0.4, -0.2) is 31.0 Å². The van der Waals surface area contributed by atoms with Gasteiger partial charge in [0.05, 0.1) is 5.69 Å². The van der Waals surface area contributed by atoms with Crippen LogP contribution in [0.5, 0.6) is 5.75 Å². The standard InChI is InChI=1S/C17H18N2O3S/c1-12-17(21)19(14-4-2-3-5-15(14)22-12)10-16(20)18-8-6-13-7-9-23-11-13/h2-5,7,9,11-12H,6,8,10H2,1H3,(H,18,20)/t12-/m0/s1. The lowest BCUT2D eigenvalue weighted by atomic mass is 10.2. The van der Waals surface area contributed by atoms with E-state index in [-0.39, 0.29) is 18.4 Å². The van der Waals surface area contributed by atoms with Gasteiger partial charge in [0.2, 0.25) is 5.91 Å². The molecule has 3 rings (SSSR count). The molecule has 1 N–H and O–H groups in total. The van der Waals surface area contributed by atoms with Crippen molar-refractivity contribution in [3.63, 3.8) is 0 Å². The number of thiophene rings is 1. The smallest absolute Gasteiger partial charge is 0.268 e. The molecule has 6 heteroatoms. The van der Waals surface area contributed by atoms with Crippen molar-refractivity contribution in [2.75, 3.05) is 18.0 Å². The third-order valence-corrected chi connectivity index (χ3v) is 4.42. The molecule has 0 bridgehead atoms. The summed E-state index contributed by atoms with van der Waals surface area (Å²) in [5.74, 6) is 0.264. The van der Waals surface area contributed by atoms with Crippen LogP contribution in [0.25, 0.3) is 0 Å². The Bertz CT molecular complexity index is 700. The molecule has 0 aliphatic carbocycles. The minimum absolute atomic E-state index is 0.00713. The third kappa shape index (κ3) is 3.53. The summed E-state index contributed by atoms with van der Waals surface area (Å²) in [5.41, 5.74) is 1.85. The molecule has 23 heavy (non-hydrogen) atoms. The fraction of sp³-hybridized carbons (Fsp3) is 0.294. The topological polar surface area (TPSA) is 58.6 Å². The highest BCUT2D eigenvalue weighted by Gasteiger charge is 2.32. The first-order chi connectivity index (χ1) is 11.1. The summed E-state index contributed by atoms with van der Waals surface area (Å²) in [5, 5.41) is 6.95. The SMILES string of the molecule is C[C@@H]1Oc2ccccc2N(CC(=O)NCCc2ccsc2)C1=O. The van der Waals surface area contributed by atoms with Crippen LogP contribution in [0.15, 0.2) is 41.1 Å². The summed E-state index contributed by atoms with van der Waals surface area (Å²) < 4.78 is 5.56. The van der Waals surface area contributed by atoms with Crippen LogP contribution < -0.4 is 15.0 Å². The zero-order valence-electron chi connectivity index (χ0n) is 12.8. The number of carbonyl (C=O) groups is 2. The summed E-state index contributed by atoms with van der Waals surface area (Å²) in [6.07, 6.45) is 0.211. The predicted octanol–water partition coefficient (Wildman–Crippen LogP) is 2.22. The number of para-hydroxylation sites is 2. The molecule has 1 atom stereocenters. The minimum atomic E-state index is -0.580. The van der Waals surface area contributed by atoms with Gasteiger partial charge in [-0.1, -0.05) is 12.1 Å². The molecule has 1 aliphatic heterocycles. The first kappa shape index (κ1) is 15.6. The molecule has 1 aliphatic rings. The van der Waals surface area contributed by atoms with Gasteiger partial charge >= 0.3 is 0 Å². The molecule has 1 aromatic heterocycles. The summed E-state index contributed by atoms with van der Waals surface area (Å²) in [4.78, 5) is 26.0. The van der Waals surface area contributed by atoms with E-state index in [2.05, 4.69) is 10.7 Å². The lowest BCUT2D eigenvalue weighted by Gasteiger charge is -2.32. The number of rotatable bonds is 5. The number of amides is 2. The summed E-state index contributed by atoms with van der Waals surface area (Å²) >= 11 is 1.64. The maximum Gasteiger partial charge on any atom is 0.268 e. The summed E-state index contributed by atoms with van der Waals surface area (Å²) in [7, 11) is 0. The van der Waals surface area contributed by atoms with Gasteiger partial charge in [-0.2, -0.15) is 11.3 Å². The van der Waals surface area contributed by atoms with Gasteiger partial charge in [-0.25, -0.2) is 0 Å². The van der Waals surface area contributed by atoms with E-state index in [0.717, 1.165) is 6.42 Å². The van der Waals surface area contributed by atoms with Crippen molar-refractivity contribution >= 4 is 28.8 Å². The van der Waals surface area contributed by atoms with Crippen molar-refractivity contribution in [2.45, 2.75) is 19.4 Å². The molecule has 0 radical (unpaired) electrons. The first-order valence-electron chi connectivity index (χ1n) is 7.50. The third-order valence-electron chi connectivity index (χ3n) is 3.69. The summed E-state index contributed by atoms with van der Waals surface area (Å²) in [6, 6.07) is 9.31. The number of nitrogens with one attached hydrogen (secondary N) is 1. The van der Waals surface area contributed by atoms with Crippen molar-refractivity contribution in [1.82, 2.24) is 5.32 Å². The Labute approximate surface area is 138 Å². The number of anilines is 1. The monoisotopic (exact) mass is 330 g/mol. The van der Waals surface area contributed by atoms with Crippen molar-refractivity contribution in [3.8, 4) is 5.75 Å². The van der Waals surface area contributed by atoms with Crippen LogP contribution in [0.2, 0.25) is 0 Å². The van der Waals surface area contributed by atoms with Crippen LogP contribution in [0, 0.1) is 0 Å². The van der Waals surface area contributed by atoms with Crippen molar-refractivity contribution < 1.29 is 14.3 Å². The van der Waals surface area contributed by atoms with Gasteiger partial charge in [0, 0.05) is 6.54 Å². The Morgan fingerprint density at radius 1 is 1.35 bits per heavy atom. The van der Waals surface area contributed by atoms with E-state index in [1.54, 1.807) is 30.4 Å². The normalized spacial score (nSPS) is 16.7. The highest BCUT2D eigenvalue weighted by molar-refractivity contribution is 7.07. The van der Waals surface area contributed by atoms with Crippen molar-refractivity contribution in [1.29, 1.82) is 0 Å². The highest BCUT2D eigenvalue weighted by atomic mass is 32.1. The molecule has 0 saturated heterocycles. The van der Waals surface area contributed by atoms with E-state index in [1.165, 1.54) is 10.5 Å². The van der Waals surface area contributed by atoms with Crippen LogP contribution in [-0.2, 0) is 16.0 Å². The van der Waals surface area contributed by atoms with E-state index >= 15 is 0 Å². The van der Waals surface area contributed by atoms with Crippen molar-refractivity contribution in [3.05, 3.63) is 46.7 Å². The number of nitrogens with zero attached hydrogens (tertiary/aromatic N) is 1. The van der Waals surface area contributed by atoms with Gasteiger partial charge < -0.3 is 10.1 Å². The molecule has 1 aromatic carbocycles. The average molecular weight is 330 g/mol. The molecule has 120 valence electrons. The molecule has 5 nitrogen and oxygen atoms in total. The van der Waals surface area contributed by atoms with Gasteiger partial charge in [0.1, 0.15) is 12.3 Å². The number of benzene rings is 1. The summed E-state index contributed by atoms with van der Waals surface area (Å²) in [6.45, 7) is 2.26. The van der Waals surface area contributed by atoms with Gasteiger partial charge in [0.25, 0.3) is 5.91 Å². The second kappa shape index (κ2) is 6.83. The molecule has 0 saturated carbocycles. The Hall–Kier alpha value is -2.34. The van der Waals surface area contributed by atoms with E-state index < -0.39 is 6.10 Å². The predicted molar refractivity (Wildman–Crippen MR) is 89.9 cm³/mol. The molecule has 2 aromatic rings. The number of fused-ring (bicyclic) bond motifs is 1. The van der Waals surface area contributed by atoms with Crippen LogP contribution in [0.4, 0.5) is 5.69 Å². The second-order valence-electron chi connectivity index (χ2n) is 5.38. The molecule has 0 spiro atoms. The Balaban J connectivity index is 1.62. The lowest BCUT2D eigenvalue weighted by Crippen LogP contribution is -2.49. The molecule has 0 fully saturated rings. The number of hydrogen-bond acceptors (Lipinski definition) is 4. The van der Waals surface area contributed by atoms with E-state index in [0.29, 0.717) is 18.0 Å². The van der Waals surface area contributed by atoms with Gasteiger partial charge in [-0.15, -0.1) is 0 Å². The molecule has 2 heterocycles. The fourth-order valence-electron chi connectivity index (χ4n) is 2.50. The van der Waals surface area contributed by atoms with E-state index in [1.807, 2.05) is 23.6 Å². The maximum atomic E-state index is 12.3. The minimum Gasteiger partial charge on any atom is -0.479 e. The second-order valence-corrected chi connectivity index (χ2v) is 6.16. The Morgan fingerprint density at radius 2 is 2.17 bits per heavy atom. The largest absolute Gasteiger partial charge is 0.479 e. The fourth-order valence-corrected chi connectivity index (χ4v) is 3.21. The van der Waals surface area contributed by atoms with Gasteiger partial charge in [0.15, 0.2) is 6.10 Å². The lowest BCUT2D eigenvalue weighted by molar-refractivity contribution is -0.128. The molecular formula is C17H18N2O3S. The zero-order chi connectivity index (χ0) is 16.2. The van der Waals surface area contributed by atoms with Crippen LogP contribution in [0.1, 0.15) is 12.5 Å². The van der Waals surface area contributed by atoms with Gasteiger partial charge in [-0.05, 0) is 47.9 Å².